The van der Waals surface area contributed by atoms with E-state index in [0.29, 0.717) is 19.6 Å². The monoisotopic (exact) mass is 437 g/mol. The average Bonchev–Trinajstić information content (AvgIpc) is 2.78. The maximum absolute atomic E-state index is 12.9. The molecule has 2 aromatic rings. The Bertz CT molecular complexity index is 896. The molecule has 0 unspecified atom stereocenters. The summed E-state index contributed by atoms with van der Waals surface area (Å²) >= 11 is 0. The lowest BCUT2D eigenvalue weighted by atomic mass is 10.0. The number of carbonyl (C=O) groups excluding carboxylic acids is 2. The Morgan fingerprint density at radius 3 is 2.19 bits per heavy atom. The lowest BCUT2D eigenvalue weighted by Gasteiger charge is -2.27. The van der Waals surface area contributed by atoms with Crippen LogP contribution in [0.3, 0.4) is 0 Å². The first-order valence-electron chi connectivity index (χ1n) is 10.6. The second-order valence-electron chi connectivity index (χ2n) is 8.27. The molecule has 2 rings (SSSR count). The highest BCUT2D eigenvalue weighted by Gasteiger charge is 2.32. The Morgan fingerprint density at radius 1 is 1.03 bits per heavy atom. The molecule has 0 aliphatic carbocycles. The number of carbonyl (C=O) groups is 2. The molecular formula is C25H31N3O4. The first-order valence-corrected chi connectivity index (χ1v) is 10.6. The zero-order valence-electron chi connectivity index (χ0n) is 18.8. The third-order valence-corrected chi connectivity index (χ3v) is 4.66. The molecule has 2 aromatic carbocycles. The summed E-state index contributed by atoms with van der Waals surface area (Å²) in [5, 5.41) is 15.0. The van der Waals surface area contributed by atoms with Crippen LogP contribution in [0.2, 0.25) is 0 Å². The minimum absolute atomic E-state index is 0.00125. The number of nitrogens with one attached hydrogen (secondary N) is 2. The number of alkyl carbamates (subject to hydrolysis) is 1. The van der Waals surface area contributed by atoms with Crippen molar-refractivity contribution < 1.29 is 19.1 Å². The van der Waals surface area contributed by atoms with Crippen LogP contribution >= 0.6 is 0 Å². The number of ether oxygens (including phenoxy) is 2. The number of nitriles is 1. The van der Waals surface area contributed by atoms with Gasteiger partial charge in [-0.3, -0.25) is 4.79 Å². The second-order valence-corrected chi connectivity index (χ2v) is 8.27. The molecule has 0 fully saturated rings. The topological polar surface area (TPSA) is 100 Å². The number of hydrogen-bond donors (Lipinski definition) is 2. The van der Waals surface area contributed by atoms with Crippen LogP contribution in [0.4, 0.5) is 4.79 Å². The van der Waals surface area contributed by atoms with Gasteiger partial charge < -0.3 is 20.1 Å². The molecule has 0 spiro atoms. The normalized spacial score (nSPS) is 13.5. The lowest BCUT2D eigenvalue weighted by molar-refractivity contribution is -0.132. The molecule has 7 nitrogen and oxygen atoms in total. The van der Waals surface area contributed by atoms with Crippen LogP contribution in [0.1, 0.15) is 38.3 Å². The molecule has 0 heterocycles. The summed E-state index contributed by atoms with van der Waals surface area (Å²) in [6, 6.07) is 21.0. The Labute approximate surface area is 189 Å². The predicted octanol–water partition coefficient (Wildman–Crippen LogP) is 3.94. The molecule has 7 heteroatoms. The molecule has 0 bridgehead atoms. The summed E-state index contributed by atoms with van der Waals surface area (Å²) in [4.78, 5) is 25.1. The molecule has 2 atom stereocenters. The molecular weight excluding hydrogens is 406 g/mol. The van der Waals surface area contributed by atoms with Gasteiger partial charge in [-0.15, -0.1) is 0 Å². The van der Waals surface area contributed by atoms with E-state index in [4.69, 9.17) is 9.47 Å². The summed E-state index contributed by atoms with van der Waals surface area (Å²) < 4.78 is 11.0. The van der Waals surface area contributed by atoms with Gasteiger partial charge >= 0.3 is 6.09 Å². The third kappa shape index (κ3) is 8.78. The van der Waals surface area contributed by atoms with Gasteiger partial charge in [-0.2, -0.15) is 5.26 Å². The van der Waals surface area contributed by atoms with Crippen molar-refractivity contribution in [3.63, 3.8) is 0 Å². The minimum Gasteiger partial charge on any atom is -0.436 e. The Hall–Kier alpha value is -3.37. The fraction of sp³-hybridized carbons (Fsp3) is 0.400. The van der Waals surface area contributed by atoms with E-state index < -0.39 is 23.6 Å². The van der Waals surface area contributed by atoms with Crippen LogP contribution in [-0.2, 0) is 27.4 Å². The lowest BCUT2D eigenvalue weighted by Crippen LogP contribution is -2.53. The summed E-state index contributed by atoms with van der Waals surface area (Å²) in [5.41, 5.74) is 0.627. The van der Waals surface area contributed by atoms with Gasteiger partial charge in [0.2, 0.25) is 0 Å². The summed E-state index contributed by atoms with van der Waals surface area (Å²) in [6.45, 7) is 6.05. The van der Waals surface area contributed by atoms with Gasteiger partial charge in [0, 0.05) is 6.54 Å². The third-order valence-electron chi connectivity index (χ3n) is 4.66. The van der Waals surface area contributed by atoms with Gasteiger partial charge in [0.05, 0.1) is 19.3 Å². The van der Waals surface area contributed by atoms with Crippen LogP contribution in [-0.4, -0.2) is 30.3 Å². The van der Waals surface area contributed by atoms with Gasteiger partial charge in [0.1, 0.15) is 5.54 Å². The van der Waals surface area contributed by atoms with Crippen molar-refractivity contribution in [1.29, 1.82) is 5.26 Å². The Kier molecular flexibility index (Phi) is 9.71. The van der Waals surface area contributed by atoms with E-state index in [1.165, 1.54) is 0 Å². The van der Waals surface area contributed by atoms with Crippen LogP contribution in [0.5, 0.6) is 0 Å². The van der Waals surface area contributed by atoms with E-state index in [9.17, 15) is 14.9 Å². The fourth-order valence-electron chi connectivity index (χ4n) is 2.97. The molecule has 0 saturated carbocycles. The van der Waals surface area contributed by atoms with Crippen molar-refractivity contribution in [3.05, 3.63) is 71.8 Å². The molecule has 0 aliphatic rings. The zero-order valence-corrected chi connectivity index (χ0v) is 18.8. The van der Waals surface area contributed by atoms with Crippen molar-refractivity contribution in [2.75, 3.05) is 6.61 Å². The SMILES string of the molecule is CC(C)C[C@H](OC(=O)NCc1ccccc1)C(=O)N[C@](C)(C#N)COCc1ccccc1. The number of hydrogen-bond acceptors (Lipinski definition) is 5. The quantitative estimate of drug-likeness (QED) is 0.555. The van der Waals surface area contributed by atoms with Crippen molar-refractivity contribution in [2.24, 2.45) is 5.92 Å². The van der Waals surface area contributed by atoms with E-state index >= 15 is 0 Å². The number of rotatable bonds is 11. The van der Waals surface area contributed by atoms with E-state index in [1.807, 2.05) is 74.5 Å². The van der Waals surface area contributed by atoms with Gasteiger partial charge in [0.25, 0.3) is 5.91 Å². The standard InChI is InChI=1S/C25H31N3O4/c1-19(2)14-22(32-24(30)27-15-20-10-6-4-7-11-20)23(29)28-25(3,17-26)18-31-16-21-12-8-5-9-13-21/h4-13,19,22H,14-16,18H2,1-3H3,(H,27,30)(H,28,29)/t22-,25+/m0/s1. The zero-order chi connectivity index (χ0) is 23.4. The number of benzene rings is 2. The summed E-state index contributed by atoms with van der Waals surface area (Å²) in [5.74, 6) is -0.420. The van der Waals surface area contributed by atoms with Crippen molar-refractivity contribution in [1.82, 2.24) is 10.6 Å². The highest BCUT2D eigenvalue weighted by Crippen LogP contribution is 2.13. The van der Waals surface area contributed by atoms with Crippen LogP contribution in [0, 0.1) is 17.2 Å². The average molecular weight is 438 g/mol. The first-order chi connectivity index (χ1) is 15.3. The highest BCUT2D eigenvalue weighted by atomic mass is 16.6. The van der Waals surface area contributed by atoms with E-state index in [2.05, 4.69) is 16.7 Å². The number of nitrogens with zero attached hydrogens (tertiary/aromatic N) is 1. The Morgan fingerprint density at radius 2 is 1.62 bits per heavy atom. The summed E-state index contributed by atoms with van der Waals surface area (Å²) in [6.07, 6.45) is -1.38. The van der Waals surface area contributed by atoms with E-state index in [1.54, 1.807) is 6.92 Å². The van der Waals surface area contributed by atoms with Gasteiger partial charge in [-0.05, 0) is 30.4 Å². The summed E-state index contributed by atoms with van der Waals surface area (Å²) in [7, 11) is 0. The molecule has 0 saturated heterocycles. The fourth-order valence-corrected chi connectivity index (χ4v) is 2.97. The number of amides is 2. The molecule has 2 N–H and O–H groups in total. The van der Waals surface area contributed by atoms with Gasteiger partial charge in [-0.1, -0.05) is 74.5 Å². The minimum atomic E-state index is -1.26. The maximum atomic E-state index is 12.9. The molecule has 0 radical (unpaired) electrons. The largest absolute Gasteiger partial charge is 0.436 e. The second kappa shape index (κ2) is 12.5. The van der Waals surface area contributed by atoms with E-state index in [0.717, 1.165) is 11.1 Å². The molecule has 0 aromatic heterocycles. The van der Waals surface area contributed by atoms with Crippen LogP contribution in [0.25, 0.3) is 0 Å². The molecule has 32 heavy (non-hydrogen) atoms. The van der Waals surface area contributed by atoms with E-state index in [-0.39, 0.29) is 12.5 Å². The van der Waals surface area contributed by atoms with Crippen molar-refractivity contribution in [3.8, 4) is 6.07 Å². The smallest absolute Gasteiger partial charge is 0.408 e. The van der Waals surface area contributed by atoms with Crippen LogP contribution < -0.4 is 10.6 Å². The maximum Gasteiger partial charge on any atom is 0.408 e. The van der Waals surface area contributed by atoms with Crippen LogP contribution in [0.15, 0.2) is 60.7 Å². The van der Waals surface area contributed by atoms with Gasteiger partial charge in [-0.25, -0.2) is 4.79 Å². The molecule has 0 aliphatic heterocycles. The van der Waals surface area contributed by atoms with Gasteiger partial charge in [0.15, 0.2) is 6.10 Å². The Balaban J connectivity index is 1.92. The molecule has 2 amide bonds. The predicted molar refractivity (Wildman–Crippen MR) is 121 cm³/mol. The molecule has 170 valence electrons. The highest BCUT2D eigenvalue weighted by molar-refractivity contribution is 5.84. The first kappa shape index (κ1) is 24.9. The van der Waals surface area contributed by atoms with Crippen molar-refractivity contribution in [2.45, 2.75) is 52.0 Å². The van der Waals surface area contributed by atoms with Crippen molar-refractivity contribution >= 4 is 12.0 Å².